The van der Waals surface area contributed by atoms with E-state index in [4.69, 9.17) is 0 Å². The number of hydrogen-bond acceptors (Lipinski definition) is 6. The van der Waals surface area contributed by atoms with E-state index in [9.17, 15) is 10.5 Å². The van der Waals surface area contributed by atoms with Crippen molar-refractivity contribution in [3.63, 3.8) is 0 Å². The summed E-state index contributed by atoms with van der Waals surface area (Å²) in [7, 11) is 0. The Kier molecular flexibility index (Phi) is 9.94. The highest BCUT2D eigenvalue weighted by Crippen LogP contribution is 2.09. The van der Waals surface area contributed by atoms with Crippen LogP contribution in [0.4, 0.5) is 0 Å². The van der Waals surface area contributed by atoms with Gasteiger partial charge in [-0.2, -0.15) is 10.5 Å². The first-order valence-electron chi connectivity index (χ1n) is 10.3. The van der Waals surface area contributed by atoms with Crippen LogP contribution in [0.15, 0.2) is 11.4 Å². The molecule has 2 aliphatic heterocycles. The van der Waals surface area contributed by atoms with E-state index in [2.05, 4.69) is 20.4 Å². The predicted molar refractivity (Wildman–Crippen MR) is 104 cm³/mol. The molecule has 2 N–H and O–H groups in total. The molecule has 0 spiro atoms. The summed E-state index contributed by atoms with van der Waals surface area (Å²) < 4.78 is 0. The maximum absolute atomic E-state index is 9.19. The Bertz CT molecular complexity index is 459. The van der Waals surface area contributed by atoms with E-state index in [0.29, 0.717) is 5.82 Å². The van der Waals surface area contributed by atoms with Crippen molar-refractivity contribution in [1.29, 1.82) is 10.5 Å². The zero-order chi connectivity index (χ0) is 18.5. The van der Waals surface area contributed by atoms with Crippen molar-refractivity contribution in [3.05, 3.63) is 11.4 Å². The van der Waals surface area contributed by atoms with Crippen molar-refractivity contribution in [2.45, 2.75) is 51.4 Å². The molecule has 2 fully saturated rings. The number of allylic oxidation sites excluding steroid dienone is 1. The Morgan fingerprint density at radius 2 is 1.12 bits per heavy atom. The molecule has 0 radical (unpaired) electrons. The highest BCUT2D eigenvalue weighted by atomic mass is 15.1. The van der Waals surface area contributed by atoms with Crippen LogP contribution >= 0.6 is 0 Å². The lowest BCUT2D eigenvalue weighted by Crippen LogP contribution is -2.35. The molecular weight excluding hydrogens is 324 g/mol. The van der Waals surface area contributed by atoms with Gasteiger partial charge in [0.2, 0.25) is 0 Å². The maximum Gasteiger partial charge on any atom is 0.169 e. The van der Waals surface area contributed by atoms with E-state index in [1.807, 2.05) is 12.1 Å². The van der Waals surface area contributed by atoms with Gasteiger partial charge in [-0.15, -0.1) is 0 Å². The second kappa shape index (κ2) is 12.6. The molecule has 2 aliphatic rings. The van der Waals surface area contributed by atoms with Gasteiger partial charge in [0.1, 0.15) is 18.0 Å². The maximum atomic E-state index is 9.19. The lowest BCUT2D eigenvalue weighted by molar-refractivity contribution is 0.225. The van der Waals surface area contributed by atoms with E-state index in [1.54, 1.807) is 0 Å². The summed E-state index contributed by atoms with van der Waals surface area (Å²) in [5.74, 6) is 0.604. The molecule has 0 aliphatic carbocycles. The van der Waals surface area contributed by atoms with Crippen molar-refractivity contribution in [2.24, 2.45) is 0 Å². The summed E-state index contributed by atoms with van der Waals surface area (Å²) in [4.78, 5) is 5.02. The fourth-order valence-corrected chi connectivity index (χ4v) is 3.77. The Morgan fingerprint density at radius 1 is 0.692 bits per heavy atom. The Balaban J connectivity index is 1.67. The minimum absolute atomic E-state index is 0.154. The van der Waals surface area contributed by atoms with Crippen LogP contribution in [0.2, 0.25) is 0 Å². The lowest BCUT2D eigenvalue weighted by Gasteiger charge is -2.27. The molecule has 26 heavy (non-hydrogen) atoms. The van der Waals surface area contributed by atoms with E-state index < -0.39 is 0 Å². The Morgan fingerprint density at radius 3 is 1.50 bits per heavy atom. The first kappa shape index (κ1) is 20.6. The van der Waals surface area contributed by atoms with Gasteiger partial charge in [0.05, 0.1) is 0 Å². The largest absolute Gasteiger partial charge is 0.370 e. The molecule has 2 heterocycles. The smallest absolute Gasteiger partial charge is 0.169 e. The second-order valence-corrected chi connectivity index (χ2v) is 7.34. The van der Waals surface area contributed by atoms with E-state index in [-0.39, 0.29) is 5.57 Å². The average Bonchev–Trinajstić information content (AvgIpc) is 2.70. The molecule has 0 bridgehead atoms. The van der Waals surface area contributed by atoms with Crippen LogP contribution in [-0.4, -0.2) is 62.2 Å². The van der Waals surface area contributed by atoms with Crippen LogP contribution in [0.25, 0.3) is 0 Å². The monoisotopic (exact) mass is 358 g/mol. The first-order chi connectivity index (χ1) is 12.8. The van der Waals surface area contributed by atoms with Crippen LogP contribution < -0.4 is 10.6 Å². The fourth-order valence-electron chi connectivity index (χ4n) is 3.77. The molecule has 144 valence electrons. The third-order valence-corrected chi connectivity index (χ3v) is 5.28. The lowest BCUT2D eigenvalue weighted by atomic mass is 10.1. The molecule has 6 heteroatoms. The summed E-state index contributed by atoms with van der Waals surface area (Å²) >= 11 is 0. The van der Waals surface area contributed by atoms with Crippen LogP contribution in [0.3, 0.4) is 0 Å². The van der Waals surface area contributed by atoms with Crippen molar-refractivity contribution < 1.29 is 0 Å². The summed E-state index contributed by atoms with van der Waals surface area (Å²) in [5.41, 5.74) is 0.154. The van der Waals surface area contributed by atoms with E-state index in [0.717, 1.165) is 39.0 Å². The van der Waals surface area contributed by atoms with Gasteiger partial charge in [-0.1, -0.05) is 12.8 Å². The van der Waals surface area contributed by atoms with Gasteiger partial charge in [-0.25, -0.2) is 0 Å². The van der Waals surface area contributed by atoms with Gasteiger partial charge >= 0.3 is 0 Å². The van der Waals surface area contributed by atoms with Crippen LogP contribution in [0.5, 0.6) is 0 Å². The topological polar surface area (TPSA) is 78.1 Å². The highest BCUT2D eigenvalue weighted by Gasteiger charge is 2.11. The molecule has 0 atom stereocenters. The number of nitrogens with zero attached hydrogens (tertiary/aromatic N) is 4. The number of hydrogen-bond donors (Lipinski definition) is 2. The quantitative estimate of drug-likeness (QED) is 0.460. The molecule has 0 amide bonds. The zero-order valence-corrected chi connectivity index (χ0v) is 16.1. The molecule has 2 saturated heterocycles. The number of nitrogens with one attached hydrogen (secondary N) is 2. The summed E-state index contributed by atoms with van der Waals surface area (Å²) in [6.07, 6.45) is 10.0. The summed E-state index contributed by atoms with van der Waals surface area (Å²) in [6.45, 7) is 8.58. The normalized spacial score (nSPS) is 18.5. The molecule has 2 rings (SSSR count). The minimum atomic E-state index is 0.154. The summed E-state index contributed by atoms with van der Waals surface area (Å²) in [6, 6.07) is 4.01. The third kappa shape index (κ3) is 7.64. The Hall–Kier alpha value is -1.76. The van der Waals surface area contributed by atoms with Gasteiger partial charge in [0.25, 0.3) is 0 Å². The van der Waals surface area contributed by atoms with Crippen molar-refractivity contribution in [3.8, 4) is 12.1 Å². The minimum Gasteiger partial charge on any atom is -0.370 e. The number of piperidine rings is 2. The molecule has 0 unspecified atom stereocenters. The van der Waals surface area contributed by atoms with Gasteiger partial charge in [0.15, 0.2) is 5.57 Å². The standard InChI is InChI=1S/C20H34N6/c21-17-19(18-22)20(23-9-7-15-25-11-3-1-4-12-25)24-10-8-16-26-13-5-2-6-14-26/h23-24H,1-16H2. The van der Waals surface area contributed by atoms with Gasteiger partial charge < -0.3 is 20.4 Å². The zero-order valence-electron chi connectivity index (χ0n) is 16.1. The first-order valence-corrected chi connectivity index (χ1v) is 10.3. The van der Waals surface area contributed by atoms with Crippen LogP contribution in [-0.2, 0) is 0 Å². The third-order valence-electron chi connectivity index (χ3n) is 5.28. The van der Waals surface area contributed by atoms with Crippen LogP contribution in [0.1, 0.15) is 51.4 Å². The molecule has 0 aromatic heterocycles. The van der Waals surface area contributed by atoms with E-state index in [1.165, 1.54) is 64.7 Å². The van der Waals surface area contributed by atoms with Crippen molar-refractivity contribution in [2.75, 3.05) is 52.4 Å². The van der Waals surface area contributed by atoms with Gasteiger partial charge in [0, 0.05) is 13.1 Å². The highest BCUT2D eigenvalue weighted by molar-refractivity contribution is 5.38. The molecular formula is C20H34N6. The van der Waals surface area contributed by atoms with Gasteiger partial charge in [-0.3, -0.25) is 0 Å². The van der Waals surface area contributed by atoms with Crippen LogP contribution in [0, 0.1) is 22.7 Å². The number of nitriles is 2. The fraction of sp³-hybridized carbons (Fsp3) is 0.800. The predicted octanol–water partition coefficient (Wildman–Crippen LogP) is 2.18. The molecule has 0 aromatic carbocycles. The average molecular weight is 359 g/mol. The second-order valence-electron chi connectivity index (χ2n) is 7.34. The van der Waals surface area contributed by atoms with E-state index >= 15 is 0 Å². The van der Waals surface area contributed by atoms with Crippen molar-refractivity contribution in [1.82, 2.24) is 20.4 Å². The molecule has 0 saturated carbocycles. The summed E-state index contributed by atoms with van der Waals surface area (Å²) in [5, 5.41) is 24.9. The number of likely N-dealkylation sites (tertiary alicyclic amines) is 2. The van der Waals surface area contributed by atoms with Crippen molar-refractivity contribution >= 4 is 0 Å². The molecule has 0 aromatic rings. The van der Waals surface area contributed by atoms with Gasteiger partial charge in [-0.05, 0) is 77.8 Å². The SMILES string of the molecule is N#CC(C#N)=C(NCCCN1CCCCC1)NCCCN1CCCCC1. The number of rotatable bonds is 10. The molecule has 6 nitrogen and oxygen atoms in total. The Labute approximate surface area is 158 Å².